The van der Waals surface area contributed by atoms with E-state index in [9.17, 15) is 9.59 Å². The molecule has 1 atom stereocenters. The van der Waals surface area contributed by atoms with Gasteiger partial charge in [-0.1, -0.05) is 61.2 Å². The molecule has 2 amide bonds. The minimum absolute atomic E-state index is 0.0141. The Labute approximate surface area is 198 Å². The molecule has 4 rings (SSSR count). The van der Waals surface area contributed by atoms with E-state index in [1.165, 1.54) is 16.7 Å². The lowest BCUT2D eigenvalue weighted by molar-refractivity contribution is -0.893. The quantitative estimate of drug-likeness (QED) is 0.497. The van der Waals surface area contributed by atoms with Gasteiger partial charge in [-0.3, -0.25) is 14.2 Å². The summed E-state index contributed by atoms with van der Waals surface area (Å²) in [4.78, 5) is 28.0. The van der Waals surface area contributed by atoms with Crippen molar-refractivity contribution in [3.8, 4) is 0 Å². The highest BCUT2D eigenvalue weighted by Crippen LogP contribution is 2.30. The van der Waals surface area contributed by atoms with E-state index in [1.807, 2.05) is 36.4 Å². The zero-order chi connectivity index (χ0) is 23.4. The van der Waals surface area contributed by atoms with E-state index in [-0.39, 0.29) is 30.2 Å². The summed E-state index contributed by atoms with van der Waals surface area (Å²) in [7, 11) is 4.23. The molecular formula is C24H29N6O2S+. The maximum atomic E-state index is 13.1. The highest BCUT2D eigenvalue weighted by Gasteiger charge is 2.28. The van der Waals surface area contributed by atoms with Crippen molar-refractivity contribution >= 4 is 35.0 Å². The molecule has 33 heavy (non-hydrogen) atoms. The van der Waals surface area contributed by atoms with Crippen LogP contribution in [0.3, 0.4) is 0 Å². The Morgan fingerprint density at radius 1 is 1.12 bits per heavy atom. The second kappa shape index (κ2) is 10.2. The number of anilines is 2. The lowest BCUT2D eigenvalue weighted by Crippen LogP contribution is -3.06. The number of hydrogen-bond acceptors (Lipinski definition) is 5. The maximum absolute atomic E-state index is 13.1. The predicted molar refractivity (Wildman–Crippen MR) is 130 cm³/mol. The monoisotopic (exact) mass is 465 g/mol. The number of rotatable bonds is 8. The number of hydrogen-bond donors (Lipinski definition) is 2. The van der Waals surface area contributed by atoms with E-state index in [4.69, 9.17) is 0 Å². The van der Waals surface area contributed by atoms with Gasteiger partial charge in [-0.05, 0) is 17.7 Å². The number of quaternary nitrogens is 1. The first-order valence-electron chi connectivity index (χ1n) is 11.1. The fourth-order valence-corrected chi connectivity index (χ4v) is 4.91. The van der Waals surface area contributed by atoms with Crippen molar-refractivity contribution < 1.29 is 14.5 Å². The van der Waals surface area contributed by atoms with Crippen LogP contribution >= 0.6 is 11.8 Å². The third kappa shape index (κ3) is 5.09. The fraction of sp³-hybridized carbons (Fsp3) is 0.333. The van der Waals surface area contributed by atoms with Crippen molar-refractivity contribution in [2.24, 2.45) is 0 Å². The molecule has 0 spiro atoms. The van der Waals surface area contributed by atoms with Gasteiger partial charge in [0, 0.05) is 6.42 Å². The van der Waals surface area contributed by atoms with E-state index in [1.54, 1.807) is 11.0 Å². The van der Waals surface area contributed by atoms with Gasteiger partial charge in [0.05, 0.1) is 37.8 Å². The van der Waals surface area contributed by atoms with Crippen molar-refractivity contribution in [1.29, 1.82) is 0 Å². The molecule has 0 bridgehead atoms. The number of aromatic nitrogens is 3. The van der Waals surface area contributed by atoms with Gasteiger partial charge < -0.3 is 15.1 Å². The van der Waals surface area contributed by atoms with Gasteiger partial charge in [0.25, 0.3) is 0 Å². The number of nitrogens with one attached hydrogen (secondary N) is 2. The third-order valence-corrected chi connectivity index (χ3v) is 6.69. The van der Waals surface area contributed by atoms with Crippen LogP contribution in [-0.2, 0) is 16.1 Å². The van der Waals surface area contributed by atoms with Crippen LogP contribution < -0.4 is 15.1 Å². The molecule has 172 valence electrons. The minimum atomic E-state index is -0.193. The number of carbonyl (C=O) groups excluding carboxylic acids is 2. The molecule has 0 aliphatic carbocycles. The molecule has 8 nitrogen and oxygen atoms in total. The summed E-state index contributed by atoms with van der Waals surface area (Å²) in [6.45, 7) is 2.80. The average molecular weight is 466 g/mol. The number of amides is 2. The summed E-state index contributed by atoms with van der Waals surface area (Å²) in [5, 5.41) is 12.5. The number of thioether (sulfide) groups is 1. The first-order chi connectivity index (χ1) is 16.0. The first-order valence-corrected chi connectivity index (χ1v) is 12.1. The predicted octanol–water partition coefficient (Wildman–Crippen LogP) is 2.00. The molecule has 0 saturated carbocycles. The topological polar surface area (TPSA) is 84.6 Å². The summed E-state index contributed by atoms with van der Waals surface area (Å²) < 4.78 is 2.12. The SMILES string of the molecule is CC[C@@H](c1nnc(SCC(=O)N2CC(=O)Nc3ccccc32)n1Cc1ccccc1)[NH+](C)C. The Morgan fingerprint density at radius 3 is 2.58 bits per heavy atom. The lowest BCUT2D eigenvalue weighted by Gasteiger charge is -2.29. The number of para-hydroxylation sites is 2. The highest BCUT2D eigenvalue weighted by atomic mass is 32.2. The van der Waals surface area contributed by atoms with Crippen LogP contribution in [0.5, 0.6) is 0 Å². The Balaban J connectivity index is 1.57. The molecule has 3 aromatic rings. The molecular weight excluding hydrogens is 436 g/mol. The molecule has 1 aliphatic rings. The van der Waals surface area contributed by atoms with Gasteiger partial charge >= 0.3 is 0 Å². The van der Waals surface area contributed by atoms with E-state index in [0.717, 1.165) is 23.5 Å². The van der Waals surface area contributed by atoms with Gasteiger partial charge in [-0.2, -0.15) is 0 Å². The van der Waals surface area contributed by atoms with Crippen LogP contribution in [0, 0.1) is 0 Å². The van der Waals surface area contributed by atoms with Gasteiger partial charge in [-0.15, -0.1) is 10.2 Å². The molecule has 2 N–H and O–H groups in total. The van der Waals surface area contributed by atoms with Gasteiger partial charge in [-0.25, -0.2) is 0 Å². The van der Waals surface area contributed by atoms with E-state index >= 15 is 0 Å². The molecule has 0 fully saturated rings. The van der Waals surface area contributed by atoms with Crippen LogP contribution in [-0.4, -0.2) is 53.0 Å². The molecule has 0 saturated heterocycles. The van der Waals surface area contributed by atoms with Crippen LogP contribution in [0.25, 0.3) is 0 Å². The molecule has 9 heteroatoms. The van der Waals surface area contributed by atoms with Crippen LogP contribution in [0.2, 0.25) is 0 Å². The van der Waals surface area contributed by atoms with Gasteiger partial charge in [0.15, 0.2) is 11.0 Å². The molecule has 1 aromatic heterocycles. The average Bonchev–Trinajstić information content (AvgIpc) is 3.19. The van der Waals surface area contributed by atoms with Gasteiger partial charge in [0.2, 0.25) is 11.8 Å². The summed E-state index contributed by atoms with van der Waals surface area (Å²) in [5.74, 6) is 0.754. The third-order valence-electron chi connectivity index (χ3n) is 5.74. The van der Waals surface area contributed by atoms with E-state index in [2.05, 4.69) is 53.2 Å². The Bertz CT molecular complexity index is 1130. The molecule has 0 unspecified atom stereocenters. The normalized spacial score (nSPS) is 14.2. The number of benzene rings is 2. The Hall–Kier alpha value is -3.17. The second-order valence-corrected chi connectivity index (χ2v) is 9.23. The summed E-state index contributed by atoms with van der Waals surface area (Å²) >= 11 is 1.36. The summed E-state index contributed by atoms with van der Waals surface area (Å²) in [5.41, 5.74) is 2.52. The highest BCUT2D eigenvalue weighted by molar-refractivity contribution is 7.99. The van der Waals surface area contributed by atoms with Crippen molar-refractivity contribution in [3.63, 3.8) is 0 Å². The maximum Gasteiger partial charge on any atom is 0.244 e. The Morgan fingerprint density at radius 2 is 1.85 bits per heavy atom. The number of carbonyl (C=O) groups is 2. The van der Waals surface area contributed by atoms with E-state index in [0.29, 0.717) is 17.4 Å². The van der Waals surface area contributed by atoms with Crippen LogP contribution in [0.4, 0.5) is 11.4 Å². The smallest absolute Gasteiger partial charge is 0.244 e. The summed E-state index contributed by atoms with van der Waals surface area (Å²) in [6, 6.07) is 17.7. The zero-order valence-electron chi connectivity index (χ0n) is 19.1. The molecule has 0 radical (unpaired) electrons. The summed E-state index contributed by atoms with van der Waals surface area (Å²) in [6.07, 6.45) is 0.929. The van der Waals surface area contributed by atoms with Crippen molar-refractivity contribution in [1.82, 2.24) is 14.8 Å². The molecule has 2 aromatic carbocycles. The first kappa shape index (κ1) is 23.0. The number of fused-ring (bicyclic) bond motifs is 1. The Kier molecular flexibility index (Phi) is 7.10. The standard InChI is InChI=1S/C24H28N6O2S/c1-4-19(28(2)3)23-26-27-24(30(23)14-17-10-6-5-7-11-17)33-16-22(32)29-15-21(31)25-18-12-8-9-13-20(18)29/h5-13,19H,4,14-16H2,1-3H3,(H,25,31)/p+1/t19-/m0/s1. The fourth-order valence-electron chi connectivity index (χ4n) is 4.09. The van der Waals surface area contributed by atoms with Crippen molar-refractivity contribution in [2.75, 3.05) is 36.6 Å². The zero-order valence-corrected chi connectivity index (χ0v) is 19.9. The van der Waals surface area contributed by atoms with Gasteiger partial charge in [0.1, 0.15) is 12.6 Å². The van der Waals surface area contributed by atoms with Crippen molar-refractivity contribution in [3.05, 3.63) is 66.0 Å². The lowest BCUT2D eigenvalue weighted by atomic mass is 10.2. The van der Waals surface area contributed by atoms with Crippen LogP contribution in [0.1, 0.15) is 30.8 Å². The van der Waals surface area contributed by atoms with E-state index < -0.39 is 0 Å². The second-order valence-electron chi connectivity index (χ2n) is 8.28. The molecule has 2 heterocycles. The van der Waals surface area contributed by atoms with Crippen molar-refractivity contribution in [2.45, 2.75) is 31.1 Å². The number of nitrogens with zero attached hydrogens (tertiary/aromatic N) is 4. The molecule has 1 aliphatic heterocycles. The van der Waals surface area contributed by atoms with Crippen LogP contribution in [0.15, 0.2) is 59.8 Å². The minimum Gasteiger partial charge on any atom is -0.331 e. The largest absolute Gasteiger partial charge is 0.331 e.